The van der Waals surface area contributed by atoms with E-state index in [1.165, 1.54) is 0 Å². The van der Waals surface area contributed by atoms with Crippen LogP contribution in [0.25, 0.3) is 0 Å². The molecule has 0 saturated carbocycles. The van der Waals surface area contributed by atoms with Crippen LogP contribution in [-0.2, 0) is 9.53 Å². The van der Waals surface area contributed by atoms with Gasteiger partial charge in [-0.25, -0.2) is 0 Å². The molecule has 0 bridgehead atoms. The molecular weight excluding hydrogens is 240 g/mol. The lowest BCUT2D eigenvalue weighted by molar-refractivity contribution is -0.118. The number of nitrogens with one attached hydrogen (secondary N) is 1. The second kappa shape index (κ2) is 6.57. The average Bonchev–Trinajstić information content (AvgIpc) is 2.32. The number of ether oxygens (including phenoxy) is 1. The summed E-state index contributed by atoms with van der Waals surface area (Å²) in [6.07, 6.45) is 1.28. The Morgan fingerprint density at radius 3 is 2.68 bits per heavy atom. The average molecular weight is 264 g/mol. The van der Waals surface area contributed by atoms with E-state index in [1.54, 1.807) is 6.07 Å². The predicted octanol–water partition coefficient (Wildman–Crippen LogP) is 3.11. The molecule has 0 aliphatic rings. The van der Waals surface area contributed by atoms with E-state index in [0.717, 1.165) is 17.7 Å². The third-order valence-electron chi connectivity index (χ3n) is 3.20. The van der Waals surface area contributed by atoms with Crippen LogP contribution in [0.3, 0.4) is 0 Å². The molecular formula is C15H24N2O2. The Balaban J connectivity index is 2.43. The van der Waals surface area contributed by atoms with Crippen molar-refractivity contribution in [2.24, 2.45) is 0 Å². The van der Waals surface area contributed by atoms with Crippen molar-refractivity contribution in [1.82, 2.24) is 0 Å². The van der Waals surface area contributed by atoms with Crippen molar-refractivity contribution in [2.75, 3.05) is 17.7 Å². The van der Waals surface area contributed by atoms with Gasteiger partial charge in [-0.2, -0.15) is 0 Å². The monoisotopic (exact) mass is 264 g/mol. The maximum absolute atomic E-state index is 11.8. The van der Waals surface area contributed by atoms with Crippen molar-refractivity contribution in [1.29, 1.82) is 0 Å². The van der Waals surface area contributed by atoms with Crippen LogP contribution in [0.15, 0.2) is 18.2 Å². The Morgan fingerprint density at radius 1 is 1.42 bits per heavy atom. The van der Waals surface area contributed by atoms with E-state index in [0.29, 0.717) is 18.7 Å². The third kappa shape index (κ3) is 5.30. The van der Waals surface area contributed by atoms with Crippen molar-refractivity contribution >= 4 is 17.3 Å². The lowest BCUT2D eigenvalue weighted by Gasteiger charge is -2.23. The van der Waals surface area contributed by atoms with Gasteiger partial charge in [0.1, 0.15) is 0 Å². The maximum atomic E-state index is 11.8. The minimum absolute atomic E-state index is 0.0419. The molecule has 1 rings (SSSR count). The van der Waals surface area contributed by atoms with Gasteiger partial charge in [0, 0.05) is 11.4 Å². The molecule has 0 unspecified atom stereocenters. The molecule has 0 radical (unpaired) electrons. The Hall–Kier alpha value is -1.55. The van der Waals surface area contributed by atoms with Crippen molar-refractivity contribution in [2.45, 2.75) is 46.1 Å². The van der Waals surface area contributed by atoms with Gasteiger partial charge in [-0.05, 0) is 51.0 Å². The summed E-state index contributed by atoms with van der Waals surface area (Å²) in [6.45, 7) is 8.46. The Kier molecular flexibility index (Phi) is 5.36. The predicted molar refractivity (Wildman–Crippen MR) is 79.2 cm³/mol. The third-order valence-corrected chi connectivity index (χ3v) is 3.20. The van der Waals surface area contributed by atoms with Crippen molar-refractivity contribution in [3.8, 4) is 0 Å². The second-order valence-electron chi connectivity index (χ2n) is 5.33. The van der Waals surface area contributed by atoms with E-state index >= 15 is 0 Å². The SMILES string of the molecule is CCC(C)(C)OCCC(=O)Nc1ccc(N)cc1C. The van der Waals surface area contributed by atoms with E-state index in [2.05, 4.69) is 12.2 Å². The van der Waals surface area contributed by atoms with Crippen LogP contribution < -0.4 is 11.1 Å². The number of rotatable bonds is 6. The zero-order valence-corrected chi connectivity index (χ0v) is 12.2. The zero-order chi connectivity index (χ0) is 14.5. The highest BCUT2D eigenvalue weighted by atomic mass is 16.5. The molecule has 0 aliphatic heterocycles. The fraction of sp³-hybridized carbons (Fsp3) is 0.533. The van der Waals surface area contributed by atoms with Gasteiger partial charge in [0.25, 0.3) is 0 Å². The Labute approximate surface area is 115 Å². The second-order valence-corrected chi connectivity index (χ2v) is 5.33. The maximum Gasteiger partial charge on any atom is 0.226 e. The summed E-state index contributed by atoms with van der Waals surface area (Å²) in [5, 5.41) is 2.87. The van der Waals surface area contributed by atoms with Crippen molar-refractivity contribution in [3.63, 3.8) is 0 Å². The normalized spacial score (nSPS) is 11.4. The first-order valence-electron chi connectivity index (χ1n) is 6.64. The lowest BCUT2D eigenvalue weighted by atomic mass is 10.1. The highest BCUT2D eigenvalue weighted by Gasteiger charge is 2.15. The van der Waals surface area contributed by atoms with Crippen LogP contribution in [0.4, 0.5) is 11.4 Å². The molecule has 4 heteroatoms. The van der Waals surface area contributed by atoms with Crippen molar-refractivity contribution < 1.29 is 9.53 Å². The summed E-state index contributed by atoms with van der Waals surface area (Å²) >= 11 is 0. The molecule has 0 atom stereocenters. The molecule has 0 saturated heterocycles. The number of aryl methyl sites for hydroxylation is 1. The number of nitrogens with two attached hydrogens (primary N) is 1. The van der Waals surface area contributed by atoms with Gasteiger partial charge in [-0.3, -0.25) is 4.79 Å². The molecule has 1 aromatic rings. The Bertz CT molecular complexity index is 442. The number of amides is 1. The first-order chi connectivity index (χ1) is 8.84. The highest BCUT2D eigenvalue weighted by Crippen LogP contribution is 2.18. The van der Waals surface area contributed by atoms with Crippen molar-refractivity contribution in [3.05, 3.63) is 23.8 Å². The fourth-order valence-corrected chi connectivity index (χ4v) is 1.56. The van der Waals surface area contributed by atoms with E-state index in [-0.39, 0.29) is 11.5 Å². The van der Waals surface area contributed by atoms with Crippen LogP contribution in [0.2, 0.25) is 0 Å². The Morgan fingerprint density at radius 2 is 2.11 bits per heavy atom. The summed E-state index contributed by atoms with van der Waals surface area (Å²) < 4.78 is 5.66. The van der Waals surface area contributed by atoms with Gasteiger partial charge in [-0.15, -0.1) is 0 Å². The number of hydrogen-bond donors (Lipinski definition) is 2. The fourth-order valence-electron chi connectivity index (χ4n) is 1.56. The topological polar surface area (TPSA) is 64.3 Å². The molecule has 0 fully saturated rings. The number of carbonyl (C=O) groups excluding carboxylic acids is 1. The number of anilines is 2. The van der Waals surface area contributed by atoms with E-state index in [9.17, 15) is 4.79 Å². The van der Waals surface area contributed by atoms with Crippen LogP contribution >= 0.6 is 0 Å². The van der Waals surface area contributed by atoms with Gasteiger partial charge < -0.3 is 15.8 Å². The molecule has 19 heavy (non-hydrogen) atoms. The first-order valence-corrected chi connectivity index (χ1v) is 6.64. The zero-order valence-electron chi connectivity index (χ0n) is 12.2. The van der Waals surface area contributed by atoms with Crippen LogP contribution in [0, 0.1) is 6.92 Å². The lowest BCUT2D eigenvalue weighted by Crippen LogP contribution is -2.25. The molecule has 106 valence electrons. The molecule has 4 nitrogen and oxygen atoms in total. The highest BCUT2D eigenvalue weighted by molar-refractivity contribution is 5.91. The molecule has 3 N–H and O–H groups in total. The van der Waals surface area contributed by atoms with E-state index < -0.39 is 0 Å². The molecule has 0 spiro atoms. The number of hydrogen-bond acceptors (Lipinski definition) is 3. The molecule has 0 aliphatic carbocycles. The first kappa shape index (κ1) is 15.5. The van der Waals surface area contributed by atoms with Gasteiger partial charge in [0.15, 0.2) is 0 Å². The van der Waals surface area contributed by atoms with Gasteiger partial charge in [0.2, 0.25) is 5.91 Å². The quantitative estimate of drug-likeness (QED) is 0.776. The largest absolute Gasteiger partial charge is 0.399 e. The van der Waals surface area contributed by atoms with E-state index in [1.807, 2.05) is 32.9 Å². The van der Waals surface area contributed by atoms with Gasteiger partial charge in [0.05, 0.1) is 18.6 Å². The number of nitrogen functional groups attached to an aromatic ring is 1. The summed E-state index contributed by atoms with van der Waals surface area (Å²) in [7, 11) is 0. The molecule has 1 aromatic carbocycles. The van der Waals surface area contributed by atoms with Crippen LogP contribution in [0.1, 0.15) is 39.2 Å². The standard InChI is InChI=1S/C15H24N2O2/c1-5-15(3,4)19-9-8-14(18)17-13-7-6-12(16)10-11(13)2/h6-7,10H,5,8-9,16H2,1-4H3,(H,17,18). The summed E-state index contributed by atoms with van der Waals surface area (Å²) in [4.78, 5) is 11.8. The van der Waals surface area contributed by atoms with Gasteiger partial charge >= 0.3 is 0 Å². The summed E-state index contributed by atoms with van der Waals surface area (Å²) in [5.41, 5.74) is 7.96. The van der Waals surface area contributed by atoms with E-state index in [4.69, 9.17) is 10.5 Å². The number of benzene rings is 1. The van der Waals surface area contributed by atoms with Crippen LogP contribution in [-0.4, -0.2) is 18.1 Å². The van der Waals surface area contributed by atoms with Gasteiger partial charge in [-0.1, -0.05) is 6.92 Å². The minimum Gasteiger partial charge on any atom is -0.399 e. The summed E-state index contributed by atoms with van der Waals surface area (Å²) in [6, 6.07) is 5.44. The smallest absolute Gasteiger partial charge is 0.226 e. The minimum atomic E-state index is -0.169. The number of carbonyl (C=O) groups is 1. The molecule has 0 heterocycles. The van der Waals surface area contributed by atoms with Crippen LogP contribution in [0.5, 0.6) is 0 Å². The molecule has 1 amide bonds. The molecule has 0 aromatic heterocycles. The summed E-state index contributed by atoms with van der Waals surface area (Å²) in [5.74, 6) is -0.0419.